The number of hydrogen-bond donors (Lipinski definition) is 0. The Hall–Kier alpha value is -2.12. The summed E-state index contributed by atoms with van der Waals surface area (Å²) in [5.74, 6) is 0. The van der Waals surface area contributed by atoms with E-state index in [9.17, 15) is 0 Å². The maximum absolute atomic E-state index is 2.33. The van der Waals surface area contributed by atoms with Crippen molar-refractivity contribution >= 4 is 19.2 Å². The zero-order valence-corrected chi connectivity index (χ0v) is 12.2. The molecule has 3 aromatic carbocycles. The van der Waals surface area contributed by atoms with E-state index in [4.69, 9.17) is 0 Å². The molecule has 0 nitrogen and oxygen atoms in total. The van der Waals surface area contributed by atoms with Crippen LogP contribution < -0.4 is 10.4 Å². The molecule has 1 aliphatic heterocycles. The highest BCUT2D eigenvalue weighted by atomic mass is 28.3. The van der Waals surface area contributed by atoms with E-state index in [0.717, 1.165) is 0 Å². The predicted octanol–water partition coefficient (Wildman–Crippen LogP) is 3.06. The summed E-state index contributed by atoms with van der Waals surface area (Å²) in [7, 11) is -0.694. The molecule has 95 valence electrons. The van der Waals surface area contributed by atoms with Crippen LogP contribution in [0.5, 0.6) is 0 Å². The third-order valence-electron chi connectivity index (χ3n) is 4.05. The van der Waals surface area contributed by atoms with Crippen LogP contribution in [-0.2, 0) is 6.04 Å². The van der Waals surface area contributed by atoms with Crippen LogP contribution >= 0.6 is 0 Å². The van der Waals surface area contributed by atoms with Crippen LogP contribution in [0.25, 0.3) is 11.1 Å². The molecule has 0 spiro atoms. The first-order chi connectivity index (χ1) is 9.93. The Balaban J connectivity index is 1.93. The lowest BCUT2D eigenvalue weighted by Gasteiger charge is -2.26. The molecular weight excluding hydrogens is 256 g/mol. The molecule has 1 heteroatoms. The standard InChI is InChI=1S/C19H15Si/c1-2-9-16(10-3-1)20-14-15-8-4-5-11-17(15)18-12-6-7-13-19(18)20/h1-13H,14H2. The molecule has 0 saturated heterocycles. The van der Waals surface area contributed by atoms with Crippen molar-refractivity contribution in [3.05, 3.63) is 84.4 Å². The van der Waals surface area contributed by atoms with E-state index in [2.05, 4.69) is 78.9 Å². The van der Waals surface area contributed by atoms with Crippen molar-refractivity contribution in [1.29, 1.82) is 0 Å². The van der Waals surface area contributed by atoms with Gasteiger partial charge in [0, 0.05) is 0 Å². The summed E-state index contributed by atoms with van der Waals surface area (Å²) in [5, 5.41) is 3.07. The molecule has 0 bridgehead atoms. The fraction of sp³-hybridized carbons (Fsp3) is 0.0526. The second kappa shape index (κ2) is 4.77. The van der Waals surface area contributed by atoms with Crippen LogP contribution in [0.15, 0.2) is 78.9 Å². The predicted molar refractivity (Wildman–Crippen MR) is 87.0 cm³/mol. The summed E-state index contributed by atoms with van der Waals surface area (Å²) in [6.45, 7) is 0. The third-order valence-corrected chi connectivity index (χ3v) is 6.90. The van der Waals surface area contributed by atoms with Crippen molar-refractivity contribution in [3.8, 4) is 11.1 Å². The van der Waals surface area contributed by atoms with Crippen molar-refractivity contribution in [2.24, 2.45) is 0 Å². The summed E-state index contributed by atoms with van der Waals surface area (Å²) in [5.41, 5.74) is 4.36. The molecule has 1 heterocycles. The average Bonchev–Trinajstić information content (AvgIpc) is 2.55. The van der Waals surface area contributed by atoms with Crippen LogP contribution in [0.2, 0.25) is 0 Å². The van der Waals surface area contributed by atoms with E-state index in [-0.39, 0.29) is 0 Å². The Morgan fingerprint density at radius 2 is 1.25 bits per heavy atom. The lowest BCUT2D eigenvalue weighted by Crippen LogP contribution is -2.47. The molecule has 20 heavy (non-hydrogen) atoms. The molecule has 3 aromatic rings. The zero-order chi connectivity index (χ0) is 13.4. The summed E-state index contributed by atoms with van der Waals surface area (Å²) >= 11 is 0. The van der Waals surface area contributed by atoms with E-state index < -0.39 is 8.80 Å². The van der Waals surface area contributed by atoms with Gasteiger partial charge in [0.15, 0.2) is 0 Å². The SMILES string of the molecule is c1ccc([Si]2Cc3ccccc3-c3ccccc32)cc1. The molecule has 0 N–H and O–H groups in total. The molecule has 0 amide bonds. The molecule has 0 aromatic heterocycles. The first-order valence-corrected chi connectivity index (χ1v) is 8.73. The lowest BCUT2D eigenvalue weighted by molar-refractivity contribution is 1.35. The second-order valence-electron chi connectivity index (χ2n) is 5.22. The van der Waals surface area contributed by atoms with Gasteiger partial charge in [-0.05, 0) is 27.9 Å². The minimum absolute atomic E-state index is 0.694. The highest BCUT2D eigenvalue weighted by Crippen LogP contribution is 2.27. The van der Waals surface area contributed by atoms with E-state index in [1.165, 1.54) is 27.9 Å². The largest absolute Gasteiger partial charge is 0.126 e. The normalized spacial score (nSPS) is 13.6. The van der Waals surface area contributed by atoms with Crippen LogP contribution in [0, 0.1) is 0 Å². The van der Waals surface area contributed by atoms with Gasteiger partial charge >= 0.3 is 0 Å². The average molecular weight is 271 g/mol. The zero-order valence-electron chi connectivity index (χ0n) is 11.2. The van der Waals surface area contributed by atoms with Crippen LogP contribution in [0.3, 0.4) is 0 Å². The fourth-order valence-electron chi connectivity index (χ4n) is 3.10. The van der Waals surface area contributed by atoms with E-state index in [1.807, 2.05) is 0 Å². The van der Waals surface area contributed by atoms with Gasteiger partial charge in [-0.3, -0.25) is 0 Å². The molecule has 1 radical (unpaired) electrons. The van der Waals surface area contributed by atoms with Gasteiger partial charge in [0.1, 0.15) is 8.80 Å². The maximum atomic E-state index is 2.33. The van der Waals surface area contributed by atoms with Crippen LogP contribution in [0.4, 0.5) is 0 Å². The number of benzene rings is 3. The van der Waals surface area contributed by atoms with Gasteiger partial charge in [0.25, 0.3) is 0 Å². The molecule has 0 atom stereocenters. The minimum atomic E-state index is -0.694. The minimum Gasteiger partial charge on any atom is -0.0628 e. The Labute approximate surface area is 121 Å². The van der Waals surface area contributed by atoms with Gasteiger partial charge < -0.3 is 0 Å². The molecule has 0 unspecified atom stereocenters. The summed E-state index contributed by atoms with van der Waals surface area (Å²) in [6.07, 6.45) is 0. The fourth-order valence-corrected chi connectivity index (χ4v) is 5.93. The van der Waals surface area contributed by atoms with Gasteiger partial charge in [-0.25, -0.2) is 0 Å². The molecule has 0 saturated carbocycles. The molecule has 0 fully saturated rings. The Morgan fingerprint density at radius 1 is 0.600 bits per heavy atom. The molecule has 4 rings (SSSR count). The van der Waals surface area contributed by atoms with Gasteiger partial charge in [0.2, 0.25) is 0 Å². The van der Waals surface area contributed by atoms with Gasteiger partial charge in [-0.2, -0.15) is 0 Å². The Bertz CT molecular complexity index is 746. The summed E-state index contributed by atoms with van der Waals surface area (Å²) < 4.78 is 0. The second-order valence-corrected chi connectivity index (χ2v) is 7.65. The van der Waals surface area contributed by atoms with Gasteiger partial charge in [-0.15, -0.1) is 0 Å². The van der Waals surface area contributed by atoms with E-state index >= 15 is 0 Å². The van der Waals surface area contributed by atoms with Crippen LogP contribution in [-0.4, -0.2) is 8.80 Å². The van der Waals surface area contributed by atoms with Gasteiger partial charge in [0.05, 0.1) is 0 Å². The quantitative estimate of drug-likeness (QED) is 0.597. The smallest absolute Gasteiger partial charge is 0.0628 e. The van der Waals surface area contributed by atoms with Gasteiger partial charge in [-0.1, -0.05) is 84.0 Å². The molecule has 0 aliphatic carbocycles. The number of hydrogen-bond acceptors (Lipinski definition) is 0. The van der Waals surface area contributed by atoms with Crippen molar-refractivity contribution in [3.63, 3.8) is 0 Å². The van der Waals surface area contributed by atoms with Crippen molar-refractivity contribution in [1.82, 2.24) is 0 Å². The lowest BCUT2D eigenvalue weighted by atomic mass is 10.00. The van der Waals surface area contributed by atoms with Crippen molar-refractivity contribution in [2.75, 3.05) is 0 Å². The summed E-state index contributed by atoms with van der Waals surface area (Å²) in [6, 6.07) is 30.0. The van der Waals surface area contributed by atoms with Crippen LogP contribution in [0.1, 0.15) is 5.56 Å². The number of fused-ring (bicyclic) bond motifs is 3. The topological polar surface area (TPSA) is 0 Å². The van der Waals surface area contributed by atoms with E-state index in [0.29, 0.717) is 0 Å². The first kappa shape index (κ1) is 11.7. The monoisotopic (exact) mass is 271 g/mol. The van der Waals surface area contributed by atoms with E-state index in [1.54, 1.807) is 5.19 Å². The maximum Gasteiger partial charge on any atom is 0.126 e. The first-order valence-electron chi connectivity index (χ1n) is 7.02. The number of rotatable bonds is 1. The summed E-state index contributed by atoms with van der Waals surface area (Å²) in [4.78, 5) is 0. The third kappa shape index (κ3) is 1.83. The molecule has 1 aliphatic rings. The highest BCUT2D eigenvalue weighted by Gasteiger charge is 2.26. The Kier molecular flexibility index (Phi) is 2.78. The molecular formula is C19H15Si. The highest BCUT2D eigenvalue weighted by molar-refractivity contribution is 6.86. The Morgan fingerprint density at radius 3 is 2.10 bits per heavy atom. The van der Waals surface area contributed by atoms with Crippen molar-refractivity contribution in [2.45, 2.75) is 6.04 Å². The van der Waals surface area contributed by atoms with Crippen molar-refractivity contribution < 1.29 is 0 Å².